The number of unbranched alkanes of at least 4 members (excludes halogenated alkanes) is 1. The van der Waals surface area contributed by atoms with Crippen molar-refractivity contribution in [2.45, 2.75) is 87.1 Å². The van der Waals surface area contributed by atoms with E-state index >= 15 is 0 Å². The summed E-state index contributed by atoms with van der Waals surface area (Å²) in [7, 11) is -7.51. The highest BCUT2D eigenvalue weighted by molar-refractivity contribution is 7.89. The maximum atomic E-state index is 13.1. The predicted octanol–water partition coefficient (Wildman–Crippen LogP) is 3.55. The van der Waals surface area contributed by atoms with Gasteiger partial charge in [0.1, 0.15) is 6.04 Å². The third kappa shape index (κ3) is 8.40. The summed E-state index contributed by atoms with van der Waals surface area (Å²) in [5.74, 6) is -0.335. The van der Waals surface area contributed by atoms with E-state index in [0.717, 1.165) is 43.2 Å². The van der Waals surface area contributed by atoms with E-state index in [1.807, 2.05) is 13.8 Å². The van der Waals surface area contributed by atoms with Gasteiger partial charge in [0.2, 0.25) is 26.0 Å². The first-order valence-corrected chi connectivity index (χ1v) is 15.5. The number of hydrogen-bond acceptors (Lipinski definition) is 5. The lowest BCUT2D eigenvalue weighted by molar-refractivity contribution is -0.123. The lowest BCUT2D eigenvalue weighted by Gasteiger charge is -2.26. The molecule has 36 heavy (non-hydrogen) atoms. The zero-order chi connectivity index (χ0) is 26.2. The third-order valence-electron chi connectivity index (χ3n) is 6.44. The largest absolute Gasteiger partial charge is 0.352 e. The highest BCUT2D eigenvalue weighted by Crippen LogP contribution is 2.18. The zero-order valence-electron chi connectivity index (χ0n) is 21.0. The fraction of sp³-hybridized carbons (Fsp3) is 0.500. The zero-order valence-corrected chi connectivity index (χ0v) is 22.6. The van der Waals surface area contributed by atoms with Gasteiger partial charge in [0.05, 0.1) is 9.79 Å². The summed E-state index contributed by atoms with van der Waals surface area (Å²) in [4.78, 5) is 13.4. The standard InChI is InChI=1S/C26H37N3O5S2/c1-20-11-15-23(16-12-20)35(31,32)27-19-7-6-10-25(26(30)28-22-8-4-3-5-9-22)29-36(33,34)24-17-13-21(2)14-18-24/h11-18,22,25,27,29H,3-10,19H2,1-2H3,(H,28,30)/t25-/m1/s1. The van der Waals surface area contributed by atoms with E-state index in [1.165, 1.54) is 12.1 Å². The second kappa shape index (κ2) is 12.8. The van der Waals surface area contributed by atoms with E-state index in [-0.39, 0.29) is 34.7 Å². The van der Waals surface area contributed by atoms with Gasteiger partial charge in [0.25, 0.3) is 0 Å². The Labute approximate surface area is 215 Å². The van der Waals surface area contributed by atoms with Gasteiger partial charge in [-0.2, -0.15) is 4.72 Å². The van der Waals surface area contributed by atoms with E-state index in [0.29, 0.717) is 12.8 Å². The van der Waals surface area contributed by atoms with Gasteiger partial charge >= 0.3 is 0 Å². The molecule has 0 heterocycles. The molecule has 1 aliphatic rings. The quantitative estimate of drug-likeness (QED) is 0.359. The Kier molecular flexibility index (Phi) is 10.1. The molecule has 0 aliphatic heterocycles. The Bertz CT molecular complexity index is 1210. The molecule has 3 rings (SSSR count). The number of aryl methyl sites for hydroxylation is 2. The summed E-state index contributed by atoms with van der Waals surface area (Å²) >= 11 is 0. The number of sulfonamides is 2. The molecule has 8 nitrogen and oxygen atoms in total. The Morgan fingerprint density at radius 3 is 1.89 bits per heavy atom. The molecular formula is C26H37N3O5S2. The molecular weight excluding hydrogens is 498 g/mol. The summed E-state index contributed by atoms with van der Waals surface area (Å²) in [5.41, 5.74) is 1.91. The van der Waals surface area contributed by atoms with Crippen molar-refractivity contribution in [3.8, 4) is 0 Å². The fourth-order valence-corrected chi connectivity index (χ4v) is 6.55. The van der Waals surface area contributed by atoms with Crippen molar-refractivity contribution in [2.24, 2.45) is 0 Å². The Morgan fingerprint density at radius 1 is 0.806 bits per heavy atom. The number of carbonyl (C=O) groups is 1. The van der Waals surface area contributed by atoms with Crippen LogP contribution in [-0.4, -0.2) is 41.4 Å². The van der Waals surface area contributed by atoms with Crippen LogP contribution in [-0.2, 0) is 24.8 Å². The molecule has 0 saturated heterocycles. The molecule has 0 spiro atoms. The van der Waals surface area contributed by atoms with Gasteiger partial charge in [-0.1, -0.05) is 61.1 Å². The molecule has 0 radical (unpaired) electrons. The molecule has 0 bridgehead atoms. The summed E-state index contributed by atoms with van der Waals surface area (Å²) in [6.45, 7) is 3.95. The molecule has 1 amide bonds. The van der Waals surface area contributed by atoms with Crippen LogP contribution in [0.5, 0.6) is 0 Å². The van der Waals surface area contributed by atoms with Crippen molar-refractivity contribution >= 4 is 26.0 Å². The summed E-state index contributed by atoms with van der Waals surface area (Å²) in [6.07, 6.45) is 6.22. The van der Waals surface area contributed by atoms with Gasteiger partial charge in [-0.15, -0.1) is 0 Å². The molecule has 2 aromatic rings. The first-order valence-electron chi connectivity index (χ1n) is 12.5. The van der Waals surface area contributed by atoms with Gasteiger partial charge in [-0.3, -0.25) is 4.79 Å². The molecule has 0 aromatic heterocycles. The van der Waals surface area contributed by atoms with Crippen LogP contribution in [0, 0.1) is 13.8 Å². The minimum absolute atomic E-state index is 0.0546. The van der Waals surface area contributed by atoms with Crippen molar-refractivity contribution in [3.63, 3.8) is 0 Å². The van der Waals surface area contributed by atoms with Crippen molar-refractivity contribution in [1.82, 2.24) is 14.8 Å². The molecule has 3 N–H and O–H groups in total. The van der Waals surface area contributed by atoms with E-state index in [2.05, 4.69) is 14.8 Å². The van der Waals surface area contributed by atoms with Crippen LogP contribution < -0.4 is 14.8 Å². The summed E-state index contributed by atoms with van der Waals surface area (Å²) in [5, 5.41) is 3.02. The Hall–Kier alpha value is -2.27. The van der Waals surface area contributed by atoms with Crippen LogP contribution >= 0.6 is 0 Å². The molecule has 0 unspecified atom stereocenters. The van der Waals surface area contributed by atoms with E-state index < -0.39 is 26.1 Å². The first kappa shape index (κ1) is 28.3. The minimum atomic E-state index is -3.89. The molecule has 10 heteroatoms. The van der Waals surface area contributed by atoms with Crippen LogP contribution in [0.3, 0.4) is 0 Å². The number of rotatable bonds is 12. The van der Waals surface area contributed by atoms with Gasteiger partial charge < -0.3 is 5.32 Å². The van der Waals surface area contributed by atoms with Crippen molar-refractivity contribution in [1.29, 1.82) is 0 Å². The lowest BCUT2D eigenvalue weighted by Crippen LogP contribution is -2.50. The van der Waals surface area contributed by atoms with Crippen molar-refractivity contribution in [3.05, 3.63) is 59.7 Å². The monoisotopic (exact) mass is 535 g/mol. The van der Waals surface area contributed by atoms with Crippen LogP contribution in [0.15, 0.2) is 58.3 Å². The predicted molar refractivity (Wildman–Crippen MR) is 141 cm³/mol. The van der Waals surface area contributed by atoms with Crippen molar-refractivity contribution in [2.75, 3.05) is 6.54 Å². The van der Waals surface area contributed by atoms with E-state index in [4.69, 9.17) is 0 Å². The fourth-order valence-electron chi connectivity index (χ4n) is 4.25. The number of hydrogen-bond donors (Lipinski definition) is 3. The van der Waals surface area contributed by atoms with Gasteiger partial charge in [0.15, 0.2) is 0 Å². The topological polar surface area (TPSA) is 121 Å². The van der Waals surface area contributed by atoms with Gasteiger partial charge in [-0.25, -0.2) is 21.6 Å². The first-order chi connectivity index (χ1) is 17.1. The van der Waals surface area contributed by atoms with E-state index in [9.17, 15) is 21.6 Å². The van der Waals surface area contributed by atoms with Crippen LogP contribution in [0.25, 0.3) is 0 Å². The third-order valence-corrected chi connectivity index (χ3v) is 9.40. The Morgan fingerprint density at radius 2 is 1.33 bits per heavy atom. The van der Waals surface area contributed by atoms with Crippen LogP contribution in [0.4, 0.5) is 0 Å². The van der Waals surface area contributed by atoms with Crippen molar-refractivity contribution < 1.29 is 21.6 Å². The lowest BCUT2D eigenvalue weighted by atomic mass is 9.95. The number of nitrogens with one attached hydrogen (secondary N) is 3. The second-order valence-electron chi connectivity index (χ2n) is 9.54. The second-order valence-corrected chi connectivity index (χ2v) is 13.0. The molecule has 198 valence electrons. The number of benzene rings is 2. The van der Waals surface area contributed by atoms with Gasteiger partial charge in [0, 0.05) is 12.6 Å². The van der Waals surface area contributed by atoms with Crippen LogP contribution in [0.1, 0.15) is 62.5 Å². The van der Waals surface area contributed by atoms with Crippen LogP contribution in [0.2, 0.25) is 0 Å². The molecule has 1 fully saturated rings. The van der Waals surface area contributed by atoms with E-state index in [1.54, 1.807) is 36.4 Å². The average molecular weight is 536 g/mol. The summed E-state index contributed by atoms with van der Waals surface area (Å²) in [6, 6.07) is 12.2. The molecule has 1 atom stereocenters. The highest BCUT2D eigenvalue weighted by atomic mass is 32.2. The summed E-state index contributed by atoms with van der Waals surface area (Å²) < 4.78 is 56.0. The molecule has 2 aromatic carbocycles. The highest BCUT2D eigenvalue weighted by Gasteiger charge is 2.27. The maximum absolute atomic E-state index is 13.1. The van der Waals surface area contributed by atoms with Gasteiger partial charge in [-0.05, 0) is 63.8 Å². The minimum Gasteiger partial charge on any atom is -0.352 e. The SMILES string of the molecule is Cc1ccc(S(=O)(=O)NCCCC[C@@H](NS(=O)(=O)c2ccc(C)cc2)C(=O)NC2CCCCC2)cc1. The normalized spacial score (nSPS) is 15.9. The average Bonchev–Trinajstić information content (AvgIpc) is 2.84. The molecule has 1 saturated carbocycles. The Balaban J connectivity index is 1.60. The molecule has 1 aliphatic carbocycles. The smallest absolute Gasteiger partial charge is 0.241 e. The number of amides is 1. The maximum Gasteiger partial charge on any atom is 0.241 e. The number of carbonyl (C=O) groups excluding carboxylic acids is 1.